The first-order chi connectivity index (χ1) is 13.1. The third-order valence-corrected chi connectivity index (χ3v) is 5.57. The molecule has 1 aliphatic carbocycles. The Hall–Kier alpha value is -1.58. The van der Waals surface area contributed by atoms with Crippen molar-refractivity contribution in [2.75, 3.05) is 0 Å². The maximum atomic E-state index is 13.5. The van der Waals surface area contributed by atoms with Gasteiger partial charge < -0.3 is 9.09 Å². The number of nitrogens with zero attached hydrogens (tertiary/aromatic N) is 4. The molecule has 0 aromatic carbocycles. The number of halogens is 3. The number of aryl methyl sites for hydroxylation is 2. The fourth-order valence-electron chi connectivity index (χ4n) is 3.38. The summed E-state index contributed by atoms with van der Waals surface area (Å²) >= 11 is 2.09. The molecule has 1 saturated carbocycles. The largest absolute Gasteiger partial charge is 0.361 e. The minimum absolute atomic E-state index is 0.132. The molecule has 0 unspecified atom stereocenters. The molecule has 0 bridgehead atoms. The molecule has 0 aliphatic heterocycles. The molecule has 138 valence electrons. The third-order valence-electron chi connectivity index (χ3n) is 4.78. The van der Waals surface area contributed by atoms with Crippen LogP contribution in [0, 0.1) is 23.3 Å². The van der Waals surface area contributed by atoms with Gasteiger partial charge in [-0.3, -0.25) is 0 Å². The summed E-state index contributed by atoms with van der Waals surface area (Å²) in [6.45, 7) is 1.75. The smallest absolute Gasteiger partial charge is 0.248 e. The van der Waals surface area contributed by atoms with E-state index in [-0.39, 0.29) is 25.7 Å². The van der Waals surface area contributed by atoms with Gasteiger partial charge in [-0.15, -0.1) is 0 Å². The Kier molecular flexibility index (Phi) is 3.89. The summed E-state index contributed by atoms with van der Waals surface area (Å²) < 4.78 is 51.9. The minimum Gasteiger partial charge on any atom is -0.361 e. The molecule has 0 saturated heterocycles. The van der Waals surface area contributed by atoms with Crippen LogP contribution in [-0.2, 0) is 6.50 Å². The van der Waals surface area contributed by atoms with Crippen LogP contribution in [-0.4, -0.2) is 25.6 Å². The number of rotatable bonds is 3. The van der Waals surface area contributed by atoms with Gasteiger partial charge in [-0.2, -0.15) is 0 Å². The zero-order valence-corrected chi connectivity index (χ0v) is 16.5. The summed E-state index contributed by atoms with van der Waals surface area (Å²) in [5.41, 5.74) is 2.93. The Balaban J connectivity index is 1.80. The van der Waals surface area contributed by atoms with E-state index in [1.54, 1.807) is 19.3 Å². The van der Waals surface area contributed by atoms with Crippen molar-refractivity contribution >= 4 is 33.8 Å². The number of aromatic nitrogens is 4. The molecule has 0 amide bonds. The number of alkyl halides is 2. The second-order valence-electron chi connectivity index (χ2n) is 6.73. The van der Waals surface area contributed by atoms with Crippen LogP contribution in [0.1, 0.15) is 39.9 Å². The van der Waals surface area contributed by atoms with Gasteiger partial charge in [0.25, 0.3) is 0 Å². The van der Waals surface area contributed by atoms with Crippen molar-refractivity contribution in [3.8, 4) is 11.3 Å². The Morgan fingerprint density at radius 3 is 2.77 bits per heavy atom. The molecule has 0 atom stereocenters. The Morgan fingerprint density at radius 1 is 1.38 bits per heavy atom. The van der Waals surface area contributed by atoms with Crippen molar-refractivity contribution in [2.45, 2.75) is 52.0 Å². The molecule has 0 spiro atoms. The van der Waals surface area contributed by atoms with E-state index in [1.165, 1.54) is 4.57 Å². The van der Waals surface area contributed by atoms with E-state index >= 15 is 0 Å². The normalized spacial score (nSPS) is 19.6. The van der Waals surface area contributed by atoms with Crippen LogP contribution in [0.15, 0.2) is 16.9 Å². The van der Waals surface area contributed by atoms with E-state index in [0.29, 0.717) is 28.3 Å². The van der Waals surface area contributed by atoms with E-state index in [2.05, 4.69) is 37.7 Å². The highest BCUT2D eigenvalue weighted by molar-refractivity contribution is 14.1. The van der Waals surface area contributed by atoms with Crippen LogP contribution in [0.5, 0.6) is 0 Å². The van der Waals surface area contributed by atoms with E-state index in [0.717, 1.165) is 9.13 Å². The highest BCUT2D eigenvalue weighted by Crippen LogP contribution is 2.37. The monoisotopic (exact) mass is 474 g/mol. The second-order valence-corrected chi connectivity index (χ2v) is 7.90. The van der Waals surface area contributed by atoms with Gasteiger partial charge in [0.05, 0.1) is 29.5 Å². The zero-order chi connectivity index (χ0) is 20.3. The van der Waals surface area contributed by atoms with E-state index < -0.39 is 18.3 Å². The first-order valence-corrected chi connectivity index (χ1v) is 9.53. The van der Waals surface area contributed by atoms with Gasteiger partial charge in [0.2, 0.25) is 5.92 Å². The van der Waals surface area contributed by atoms with Gasteiger partial charge in [0.15, 0.2) is 5.65 Å². The van der Waals surface area contributed by atoms with Gasteiger partial charge in [-0.25, -0.2) is 18.7 Å². The Bertz CT molecular complexity index is 1020. The van der Waals surface area contributed by atoms with Crippen LogP contribution >= 0.6 is 22.6 Å². The lowest BCUT2D eigenvalue weighted by Crippen LogP contribution is -2.26. The fraction of sp³-hybridized carbons (Fsp3) is 0.500. The maximum Gasteiger partial charge on any atom is 0.248 e. The first kappa shape index (κ1) is 15.5. The summed E-state index contributed by atoms with van der Waals surface area (Å²) in [4.78, 5) is 9.13. The van der Waals surface area contributed by atoms with Crippen molar-refractivity contribution in [1.82, 2.24) is 19.7 Å². The molecule has 5 nitrogen and oxygen atoms in total. The average molecular weight is 474 g/mol. The predicted octanol–water partition coefficient (Wildman–Crippen LogP) is 5.13. The topological polar surface area (TPSA) is 56.7 Å². The predicted molar refractivity (Wildman–Crippen MR) is 102 cm³/mol. The van der Waals surface area contributed by atoms with Gasteiger partial charge in [-0.05, 0) is 55.2 Å². The SMILES string of the molecule is [2H]C([2H])(C1CCC(F)(F)CC1)n1cc(I)c2ncc(-c3c(C)noc3C)nc21. The van der Waals surface area contributed by atoms with Crippen molar-refractivity contribution in [3.63, 3.8) is 0 Å². The lowest BCUT2D eigenvalue weighted by atomic mass is 9.87. The molecule has 3 aromatic rings. The Morgan fingerprint density at radius 2 is 2.12 bits per heavy atom. The average Bonchev–Trinajstić information content (AvgIpc) is 3.14. The summed E-state index contributed by atoms with van der Waals surface area (Å²) in [6, 6.07) is 0. The lowest BCUT2D eigenvalue weighted by Gasteiger charge is -2.28. The summed E-state index contributed by atoms with van der Waals surface area (Å²) in [7, 11) is 0. The molecule has 3 aromatic heterocycles. The third kappa shape index (κ3) is 3.23. The molecule has 26 heavy (non-hydrogen) atoms. The van der Waals surface area contributed by atoms with Gasteiger partial charge in [-0.1, -0.05) is 5.16 Å². The summed E-state index contributed by atoms with van der Waals surface area (Å²) in [6.07, 6.45) is 2.97. The molecule has 4 rings (SSSR count). The van der Waals surface area contributed by atoms with E-state index in [1.807, 2.05) is 6.92 Å². The molecule has 1 fully saturated rings. The lowest BCUT2D eigenvalue weighted by molar-refractivity contribution is -0.0472. The molecule has 3 heterocycles. The highest BCUT2D eigenvalue weighted by Gasteiger charge is 2.35. The van der Waals surface area contributed by atoms with Crippen LogP contribution in [0.25, 0.3) is 22.4 Å². The minimum atomic E-state index is -2.70. The fourth-order valence-corrected chi connectivity index (χ4v) is 4.04. The van der Waals surface area contributed by atoms with E-state index in [4.69, 9.17) is 7.26 Å². The van der Waals surface area contributed by atoms with Crippen molar-refractivity contribution in [1.29, 1.82) is 0 Å². The molecular weight excluding hydrogens is 453 g/mol. The molecule has 1 aliphatic rings. The molecule has 0 radical (unpaired) electrons. The van der Waals surface area contributed by atoms with E-state index in [9.17, 15) is 8.78 Å². The first-order valence-electron chi connectivity index (χ1n) is 9.45. The quantitative estimate of drug-likeness (QED) is 0.494. The maximum absolute atomic E-state index is 13.5. The van der Waals surface area contributed by atoms with Gasteiger partial charge >= 0.3 is 0 Å². The van der Waals surface area contributed by atoms with Crippen molar-refractivity contribution < 1.29 is 16.0 Å². The summed E-state index contributed by atoms with van der Waals surface area (Å²) in [5, 5.41) is 3.94. The number of hydrogen-bond acceptors (Lipinski definition) is 4. The second kappa shape index (κ2) is 6.54. The standard InChI is InChI=1S/C18H19F2IN4O/c1-10-15(11(2)26-24-10)14-7-22-16-13(21)9-25(17(16)23-14)8-12-3-5-18(19,20)6-4-12/h7,9,12H,3-6,8H2,1-2H3/i8D2. The van der Waals surface area contributed by atoms with Crippen LogP contribution in [0.4, 0.5) is 8.78 Å². The van der Waals surface area contributed by atoms with Crippen LogP contribution in [0.2, 0.25) is 0 Å². The van der Waals surface area contributed by atoms with Gasteiger partial charge in [0, 0.05) is 25.5 Å². The van der Waals surface area contributed by atoms with Crippen LogP contribution in [0.3, 0.4) is 0 Å². The number of fused-ring (bicyclic) bond motifs is 1. The number of hydrogen-bond donors (Lipinski definition) is 0. The van der Waals surface area contributed by atoms with Crippen molar-refractivity contribution in [2.24, 2.45) is 5.92 Å². The molecule has 0 N–H and O–H groups in total. The van der Waals surface area contributed by atoms with Crippen molar-refractivity contribution in [3.05, 3.63) is 27.4 Å². The molecular formula is C18H19F2IN4O. The summed E-state index contributed by atoms with van der Waals surface area (Å²) in [5.74, 6) is -2.60. The molecule has 8 heteroatoms. The Labute approximate surface area is 166 Å². The van der Waals surface area contributed by atoms with Gasteiger partial charge in [0.1, 0.15) is 11.3 Å². The van der Waals surface area contributed by atoms with Crippen LogP contribution < -0.4 is 0 Å². The zero-order valence-electron chi connectivity index (χ0n) is 16.4. The highest BCUT2D eigenvalue weighted by atomic mass is 127.